The number of para-hydroxylation sites is 1. The van der Waals surface area contributed by atoms with Crippen LogP contribution in [0.2, 0.25) is 0 Å². The number of methoxy groups -OCH3 is 1. The number of benzene rings is 3. The lowest BCUT2D eigenvalue weighted by atomic mass is 10.1. The summed E-state index contributed by atoms with van der Waals surface area (Å²) in [4.78, 5) is 26.1. The van der Waals surface area contributed by atoms with Gasteiger partial charge in [-0.25, -0.2) is 4.68 Å². The Balaban J connectivity index is 1.64. The summed E-state index contributed by atoms with van der Waals surface area (Å²) < 4.78 is 12.8. The van der Waals surface area contributed by atoms with Gasteiger partial charge in [0, 0.05) is 22.2 Å². The molecule has 0 spiro atoms. The Morgan fingerprint density at radius 2 is 1.66 bits per heavy atom. The Morgan fingerprint density at radius 3 is 2.38 bits per heavy atom. The highest BCUT2D eigenvalue weighted by atomic mass is 16.5. The van der Waals surface area contributed by atoms with Crippen LogP contribution in [0.3, 0.4) is 0 Å². The number of hydrogen-bond acceptors (Lipinski definition) is 5. The molecule has 0 saturated carbocycles. The lowest BCUT2D eigenvalue weighted by Crippen LogP contribution is -2.29. The van der Waals surface area contributed by atoms with Gasteiger partial charge in [0.05, 0.1) is 24.2 Å². The Morgan fingerprint density at radius 1 is 0.969 bits per heavy atom. The third-order valence-electron chi connectivity index (χ3n) is 5.48. The third kappa shape index (κ3) is 3.10. The van der Waals surface area contributed by atoms with Crippen LogP contribution in [0.5, 0.6) is 5.75 Å². The lowest BCUT2D eigenvalue weighted by Gasteiger charge is -2.14. The first kappa shape index (κ1) is 19.8. The minimum absolute atomic E-state index is 0.167. The summed E-state index contributed by atoms with van der Waals surface area (Å²) in [6.45, 7) is 3.70. The van der Waals surface area contributed by atoms with Crippen molar-refractivity contribution in [2.45, 2.75) is 19.9 Å². The lowest BCUT2D eigenvalue weighted by molar-refractivity contribution is 0.102. The smallest absolute Gasteiger partial charge is 0.276 e. The van der Waals surface area contributed by atoms with Crippen LogP contribution >= 0.6 is 0 Å². The summed E-state index contributed by atoms with van der Waals surface area (Å²) in [5.74, 6) is 0.0586. The first-order valence-electron chi connectivity index (χ1n) is 10.3. The standard InChI is InChI=1S/C25H21N3O4/c1-14(2)28-25(30)17-10-5-4-9-16(17)23(27-28)24(29)26-19-13-21-18(12-22(19)31-3)15-8-6-7-11-20(15)32-21/h4-14H,1-3H3,(H,26,29). The number of nitrogens with one attached hydrogen (secondary N) is 1. The molecule has 0 unspecified atom stereocenters. The molecule has 5 rings (SSSR count). The predicted molar refractivity (Wildman–Crippen MR) is 125 cm³/mol. The highest BCUT2D eigenvalue weighted by molar-refractivity contribution is 6.13. The van der Waals surface area contributed by atoms with Crippen molar-refractivity contribution in [3.8, 4) is 5.75 Å². The average Bonchev–Trinajstić information content (AvgIpc) is 3.16. The van der Waals surface area contributed by atoms with Crippen LogP contribution in [0, 0.1) is 0 Å². The highest BCUT2D eigenvalue weighted by Gasteiger charge is 2.20. The highest BCUT2D eigenvalue weighted by Crippen LogP contribution is 2.36. The molecule has 3 aromatic carbocycles. The molecule has 5 aromatic rings. The van der Waals surface area contributed by atoms with Gasteiger partial charge in [0.25, 0.3) is 11.5 Å². The molecule has 7 nitrogen and oxygen atoms in total. The minimum Gasteiger partial charge on any atom is -0.495 e. The van der Waals surface area contributed by atoms with E-state index >= 15 is 0 Å². The number of ether oxygens (including phenoxy) is 1. The third-order valence-corrected chi connectivity index (χ3v) is 5.48. The summed E-state index contributed by atoms with van der Waals surface area (Å²) in [6.07, 6.45) is 0. The van der Waals surface area contributed by atoms with E-state index in [9.17, 15) is 9.59 Å². The van der Waals surface area contributed by atoms with Crippen LogP contribution in [0.1, 0.15) is 30.4 Å². The summed E-state index contributed by atoms with van der Waals surface area (Å²) >= 11 is 0. The molecule has 2 aromatic heterocycles. The van der Waals surface area contributed by atoms with Gasteiger partial charge in [-0.05, 0) is 32.0 Å². The van der Waals surface area contributed by atoms with Gasteiger partial charge in [0.15, 0.2) is 5.69 Å². The average molecular weight is 427 g/mol. The maximum atomic E-state index is 13.3. The van der Waals surface area contributed by atoms with Crippen LogP contribution in [-0.4, -0.2) is 22.8 Å². The number of amides is 1. The van der Waals surface area contributed by atoms with E-state index < -0.39 is 5.91 Å². The summed E-state index contributed by atoms with van der Waals surface area (Å²) in [5, 5.41) is 10.1. The first-order chi connectivity index (χ1) is 15.5. The number of nitrogens with zero attached hydrogens (tertiary/aromatic N) is 2. The molecule has 1 N–H and O–H groups in total. The van der Waals surface area contributed by atoms with E-state index in [-0.39, 0.29) is 17.3 Å². The Hall–Kier alpha value is -4.13. The van der Waals surface area contributed by atoms with Crippen molar-refractivity contribution >= 4 is 44.3 Å². The molecule has 32 heavy (non-hydrogen) atoms. The minimum atomic E-state index is -0.440. The molecule has 2 heterocycles. The maximum absolute atomic E-state index is 13.3. The predicted octanol–water partition coefficient (Wildman–Crippen LogP) is 5.14. The molecule has 0 radical (unpaired) electrons. The zero-order valence-electron chi connectivity index (χ0n) is 17.9. The topological polar surface area (TPSA) is 86.4 Å². The fourth-order valence-corrected chi connectivity index (χ4v) is 3.92. The van der Waals surface area contributed by atoms with Crippen molar-refractivity contribution in [2.24, 2.45) is 0 Å². The van der Waals surface area contributed by atoms with E-state index in [1.165, 1.54) is 4.68 Å². The maximum Gasteiger partial charge on any atom is 0.276 e. The number of carbonyl (C=O) groups is 1. The van der Waals surface area contributed by atoms with Crippen LogP contribution in [0.15, 0.2) is 69.9 Å². The molecule has 160 valence electrons. The van der Waals surface area contributed by atoms with Crippen LogP contribution in [-0.2, 0) is 0 Å². The van der Waals surface area contributed by atoms with Crippen molar-refractivity contribution in [1.29, 1.82) is 0 Å². The van der Waals surface area contributed by atoms with Gasteiger partial charge in [-0.3, -0.25) is 9.59 Å². The zero-order chi connectivity index (χ0) is 22.4. The van der Waals surface area contributed by atoms with Crippen molar-refractivity contribution in [3.63, 3.8) is 0 Å². The van der Waals surface area contributed by atoms with Gasteiger partial charge in [-0.1, -0.05) is 36.4 Å². The second kappa shape index (κ2) is 7.53. The quantitative estimate of drug-likeness (QED) is 0.429. The number of furan rings is 1. The van der Waals surface area contributed by atoms with Crippen molar-refractivity contribution in [1.82, 2.24) is 9.78 Å². The van der Waals surface area contributed by atoms with Gasteiger partial charge < -0.3 is 14.5 Å². The molecule has 0 aliphatic heterocycles. The second-order valence-electron chi connectivity index (χ2n) is 7.84. The number of hydrogen-bond donors (Lipinski definition) is 1. The van der Waals surface area contributed by atoms with Crippen molar-refractivity contribution in [2.75, 3.05) is 12.4 Å². The fraction of sp³-hybridized carbons (Fsp3) is 0.160. The number of carbonyl (C=O) groups excluding carboxylic acids is 1. The van der Waals surface area contributed by atoms with Gasteiger partial charge in [0.2, 0.25) is 0 Å². The summed E-state index contributed by atoms with van der Waals surface area (Å²) in [6, 6.07) is 18.1. The monoisotopic (exact) mass is 427 g/mol. The van der Waals surface area contributed by atoms with Gasteiger partial charge in [-0.2, -0.15) is 5.10 Å². The second-order valence-corrected chi connectivity index (χ2v) is 7.84. The molecular formula is C25H21N3O4. The molecule has 0 aliphatic rings. The number of anilines is 1. The normalized spacial score (nSPS) is 11.5. The van der Waals surface area contributed by atoms with E-state index in [4.69, 9.17) is 9.15 Å². The first-order valence-corrected chi connectivity index (χ1v) is 10.3. The molecule has 7 heteroatoms. The number of aromatic nitrogens is 2. The summed E-state index contributed by atoms with van der Waals surface area (Å²) in [5.41, 5.74) is 1.78. The van der Waals surface area contributed by atoms with Gasteiger partial charge in [0.1, 0.15) is 16.9 Å². The van der Waals surface area contributed by atoms with E-state index in [0.717, 1.165) is 16.4 Å². The van der Waals surface area contributed by atoms with Crippen LogP contribution in [0.4, 0.5) is 5.69 Å². The zero-order valence-corrected chi connectivity index (χ0v) is 17.9. The molecule has 0 saturated heterocycles. The largest absolute Gasteiger partial charge is 0.495 e. The van der Waals surface area contributed by atoms with Crippen molar-refractivity contribution < 1.29 is 13.9 Å². The Kier molecular flexibility index (Phi) is 4.66. The van der Waals surface area contributed by atoms with E-state index in [1.807, 2.05) is 44.2 Å². The molecule has 1 amide bonds. The number of fused-ring (bicyclic) bond motifs is 4. The SMILES string of the molecule is COc1cc2c(cc1NC(=O)c1nn(C(C)C)c(=O)c3ccccc13)oc1ccccc12. The van der Waals surface area contributed by atoms with Crippen LogP contribution in [0.25, 0.3) is 32.7 Å². The van der Waals surface area contributed by atoms with E-state index in [2.05, 4.69) is 10.4 Å². The van der Waals surface area contributed by atoms with E-state index in [1.54, 1.807) is 37.4 Å². The van der Waals surface area contributed by atoms with Gasteiger partial charge in [-0.15, -0.1) is 0 Å². The van der Waals surface area contributed by atoms with E-state index in [0.29, 0.717) is 27.8 Å². The summed E-state index contributed by atoms with van der Waals surface area (Å²) in [7, 11) is 1.55. The van der Waals surface area contributed by atoms with Gasteiger partial charge >= 0.3 is 0 Å². The Bertz CT molecular complexity index is 1560. The molecule has 0 atom stereocenters. The fourth-order valence-electron chi connectivity index (χ4n) is 3.92. The number of rotatable bonds is 4. The molecular weight excluding hydrogens is 406 g/mol. The molecule has 0 fully saturated rings. The molecule has 0 aliphatic carbocycles. The van der Waals surface area contributed by atoms with Crippen LogP contribution < -0.4 is 15.6 Å². The molecule has 0 bridgehead atoms. The van der Waals surface area contributed by atoms with Crippen molar-refractivity contribution in [3.05, 3.63) is 76.7 Å². The Labute approximate surface area is 183 Å².